The van der Waals surface area contributed by atoms with Crippen LogP contribution in [0.15, 0.2) is 6.08 Å². The van der Waals surface area contributed by atoms with Crippen molar-refractivity contribution in [2.45, 2.75) is 20.8 Å². The Morgan fingerprint density at radius 1 is 1.44 bits per heavy atom. The topological polar surface area (TPSA) is 52.1 Å². The maximum atomic E-state index is 13.5. The Morgan fingerprint density at radius 2 is 2.12 bits per heavy atom. The molecule has 0 unspecified atom stereocenters. The minimum absolute atomic E-state index is 0.0954. The van der Waals surface area contributed by atoms with Crippen LogP contribution in [0.5, 0.6) is 0 Å². The van der Waals surface area contributed by atoms with Gasteiger partial charge in [0.15, 0.2) is 5.82 Å². The quantitative estimate of drug-likeness (QED) is 0.580. The zero-order valence-corrected chi connectivity index (χ0v) is 9.45. The number of aryl methyl sites for hydroxylation is 2. The van der Waals surface area contributed by atoms with Gasteiger partial charge in [0, 0.05) is 6.08 Å². The number of hydrogen-bond donors (Lipinski definition) is 0. The van der Waals surface area contributed by atoms with Crippen LogP contribution in [-0.2, 0) is 9.53 Å². The molecule has 0 N–H and O–H groups in total. The number of aromatic nitrogens is 2. The second-order valence-corrected chi connectivity index (χ2v) is 3.14. The summed E-state index contributed by atoms with van der Waals surface area (Å²) in [6, 6.07) is 0. The average molecular weight is 224 g/mol. The van der Waals surface area contributed by atoms with Gasteiger partial charge in [-0.05, 0) is 26.8 Å². The highest BCUT2D eigenvalue weighted by Crippen LogP contribution is 2.10. The van der Waals surface area contributed by atoms with Crippen molar-refractivity contribution in [2.24, 2.45) is 0 Å². The second kappa shape index (κ2) is 5.34. The van der Waals surface area contributed by atoms with E-state index in [1.165, 1.54) is 6.08 Å². The molecule has 1 aromatic rings. The van der Waals surface area contributed by atoms with Crippen molar-refractivity contribution >= 4 is 12.0 Å². The Labute approximate surface area is 93.2 Å². The van der Waals surface area contributed by atoms with E-state index in [4.69, 9.17) is 0 Å². The lowest BCUT2D eigenvalue weighted by Crippen LogP contribution is -2.02. The van der Waals surface area contributed by atoms with Gasteiger partial charge in [0.25, 0.3) is 0 Å². The van der Waals surface area contributed by atoms with Gasteiger partial charge in [-0.1, -0.05) is 0 Å². The van der Waals surface area contributed by atoms with Gasteiger partial charge in [-0.2, -0.15) is 0 Å². The lowest BCUT2D eigenvalue weighted by atomic mass is 10.3. The van der Waals surface area contributed by atoms with Crippen molar-refractivity contribution in [1.29, 1.82) is 0 Å². The molecule has 0 amide bonds. The monoisotopic (exact) mass is 224 g/mol. The first-order chi connectivity index (χ1) is 7.54. The van der Waals surface area contributed by atoms with Crippen molar-refractivity contribution in [3.8, 4) is 0 Å². The Kier molecular flexibility index (Phi) is 4.10. The second-order valence-electron chi connectivity index (χ2n) is 3.14. The summed E-state index contributed by atoms with van der Waals surface area (Å²) in [5.74, 6) is -0.579. The smallest absolute Gasteiger partial charge is 0.330 e. The SMILES string of the molecule is CCOC(=O)/C=C/c1nc(C)nc(C)c1F. The highest BCUT2D eigenvalue weighted by Gasteiger charge is 2.07. The molecule has 16 heavy (non-hydrogen) atoms. The number of hydrogen-bond acceptors (Lipinski definition) is 4. The Hall–Kier alpha value is -1.78. The number of ether oxygens (including phenoxy) is 1. The van der Waals surface area contributed by atoms with E-state index in [1.54, 1.807) is 20.8 Å². The summed E-state index contributed by atoms with van der Waals surface area (Å²) in [6.45, 7) is 5.19. The van der Waals surface area contributed by atoms with Crippen LogP contribution in [0.1, 0.15) is 24.1 Å². The lowest BCUT2D eigenvalue weighted by molar-refractivity contribution is -0.137. The maximum Gasteiger partial charge on any atom is 0.330 e. The molecule has 0 spiro atoms. The van der Waals surface area contributed by atoms with Gasteiger partial charge in [-0.3, -0.25) is 0 Å². The van der Waals surface area contributed by atoms with Gasteiger partial charge in [0.05, 0.1) is 12.3 Å². The largest absolute Gasteiger partial charge is 0.463 e. The predicted molar refractivity (Wildman–Crippen MR) is 57.1 cm³/mol. The highest BCUT2D eigenvalue weighted by molar-refractivity contribution is 5.86. The molecule has 0 aliphatic rings. The molecule has 0 fully saturated rings. The fourth-order valence-corrected chi connectivity index (χ4v) is 1.17. The van der Waals surface area contributed by atoms with Crippen molar-refractivity contribution in [3.63, 3.8) is 0 Å². The number of carbonyl (C=O) groups excluding carboxylic acids is 1. The van der Waals surface area contributed by atoms with Crippen LogP contribution >= 0.6 is 0 Å². The van der Waals surface area contributed by atoms with Crippen molar-refractivity contribution in [1.82, 2.24) is 9.97 Å². The molecule has 0 saturated carbocycles. The minimum Gasteiger partial charge on any atom is -0.463 e. The third-order valence-electron chi connectivity index (χ3n) is 1.82. The summed E-state index contributed by atoms with van der Waals surface area (Å²) >= 11 is 0. The molecule has 0 atom stereocenters. The van der Waals surface area contributed by atoms with E-state index in [-0.39, 0.29) is 18.0 Å². The number of carbonyl (C=O) groups is 1. The molecule has 0 aliphatic carbocycles. The van der Waals surface area contributed by atoms with Crippen LogP contribution in [-0.4, -0.2) is 22.5 Å². The van der Waals surface area contributed by atoms with E-state index < -0.39 is 11.8 Å². The zero-order chi connectivity index (χ0) is 12.1. The van der Waals surface area contributed by atoms with Gasteiger partial charge in [-0.15, -0.1) is 0 Å². The zero-order valence-electron chi connectivity index (χ0n) is 9.45. The van der Waals surface area contributed by atoms with E-state index in [2.05, 4.69) is 14.7 Å². The summed E-state index contributed by atoms with van der Waals surface area (Å²) in [5.41, 5.74) is 0.356. The molecule has 1 heterocycles. The summed E-state index contributed by atoms with van der Waals surface area (Å²) in [6.07, 6.45) is 2.43. The average Bonchev–Trinajstić information content (AvgIpc) is 2.21. The molecule has 0 aromatic carbocycles. The fourth-order valence-electron chi connectivity index (χ4n) is 1.17. The molecule has 0 bridgehead atoms. The molecule has 0 saturated heterocycles. The molecule has 86 valence electrons. The molecular weight excluding hydrogens is 211 g/mol. The van der Waals surface area contributed by atoms with Crippen LogP contribution in [0.4, 0.5) is 4.39 Å². The summed E-state index contributed by atoms with van der Waals surface area (Å²) < 4.78 is 18.2. The lowest BCUT2D eigenvalue weighted by Gasteiger charge is -2.01. The van der Waals surface area contributed by atoms with Crippen LogP contribution in [0.25, 0.3) is 6.08 Å². The number of nitrogens with zero attached hydrogens (tertiary/aromatic N) is 2. The van der Waals surface area contributed by atoms with Gasteiger partial charge < -0.3 is 4.74 Å². The van der Waals surface area contributed by atoms with Crippen LogP contribution in [0.2, 0.25) is 0 Å². The first kappa shape index (κ1) is 12.3. The summed E-state index contributed by atoms with van der Waals surface area (Å²) in [5, 5.41) is 0. The standard InChI is InChI=1S/C11H13FN2O2/c1-4-16-10(15)6-5-9-11(12)7(2)13-8(3)14-9/h5-6H,4H2,1-3H3/b6-5+. The van der Waals surface area contributed by atoms with E-state index in [0.29, 0.717) is 5.82 Å². The van der Waals surface area contributed by atoms with Crippen LogP contribution in [0, 0.1) is 19.7 Å². The summed E-state index contributed by atoms with van der Waals surface area (Å²) in [7, 11) is 0. The molecule has 4 nitrogen and oxygen atoms in total. The van der Waals surface area contributed by atoms with Crippen molar-refractivity contribution < 1.29 is 13.9 Å². The third-order valence-corrected chi connectivity index (χ3v) is 1.82. The number of esters is 1. The van der Waals surface area contributed by atoms with Crippen LogP contribution in [0.3, 0.4) is 0 Å². The van der Waals surface area contributed by atoms with Crippen molar-refractivity contribution in [3.05, 3.63) is 29.1 Å². The Bertz CT molecular complexity index is 430. The normalized spacial score (nSPS) is 10.8. The van der Waals surface area contributed by atoms with Gasteiger partial charge >= 0.3 is 5.97 Å². The van der Waals surface area contributed by atoms with Gasteiger partial charge in [-0.25, -0.2) is 19.2 Å². The van der Waals surface area contributed by atoms with Gasteiger partial charge in [0.1, 0.15) is 11.5 Å². The van der Waals surface area contributed by atoms with E-state index in [9.17, 15) is 9.18 Å². The molecule has 5 heteroatoms. The number of rotatable bonds is 3. The maximum absolute atomic E-state index is 13.5. The Balaban J connectivity index is 2.93. The first-order valence-corrected chi connectivity index (χ1v) is 4.90. The molecular formula is C11H13FN2O2. The van der Waals surface area contributed by atoms with E-state index in [0.717, 1.165) is 6.08 Å². The van der Waals surface area contributed by atoms with Crippen molar-refractivity contribution in [2.75, 3.05) is 6.61 Å². The first-order valence-electron chi connectivity index (χ1n) is 4.90. The molecule has 1 rings (SSSR count). The minimum atomic E-state index is -0.522. The molecule has 1 aromatic heterocycles. The van der Waals surface area contributed by atoms with Gasteiger partial charge in [0.2, 0.25) is 0 Å². The van der Waals surface area contributed by atoms with E-state index >= 15 is 0 Å². The molecule has 0 aliphatic heterocycles. The fraction of sp³-hybridized carbons (Fsp3) is 0.364. The highest BCUT2D eigenvalue weighted by atomic mass is 19.1. The number of halogens is 1. The third kappa shape index (κ3) is 3.12. The van der Waals surface area contributed by atoms with E-state index in [1.807, 2.05) is 0 Å². The van der Waals surface area contributed by atoms with Crippen LogP contribution < -0.4 is 0 Å². The Morgan fingerprint density at radius 3 is 2.75 bits per heavy atom. The summed E-state index contributed by atoms with van der Waals surface area (Å²) in [4.78, 5) is 18.8. The predicted octanol–water partition coefficient (Wildman–Crippen LogP) is 1.81. The molecule has 0 radical (unpaired) electrons.